The summed E-state index contributed by atoms with van der Waals surface area (Å²) in [5.41, 5.74) is 19.0. The van der Waals surface area contributed by atoms with Crippen LogP contribution in [0.1, 0.15) is 80.5 Å². The minimum atomic E-state index is -0.178. The summed E-state index contributed by atoms with van der Waals surface area (Å²) in [4.78, 5) is 13.7. The van der Waals surface area contributed by atoms with Crippen molar-refractivity contribution >= 4 is 66.8 Å². The molecule has 6 atom stereocenters. The summed E-state index contributed by atoms with van der Waals surface area (Å²) >= 11 is 0. The molecule has 0 spiro atoms. The van der Waals surface area contributed by atoms with Crippen molar-refractivity contribution in [1.82, 2.24) is 14.5 Å². The van der Waals surface area contributed by atoms with E-state index in [9.17, 15) is 0 Å². The van der Waals surface area contributed by atoms with E-state index in [0.29, 0.717) is 5.92 Å². The maximum Gasteiger partial charge on any atom is 0.235 e. The molecule has 5 heteroatoms. The average Bonchev–Trinajstić information content (AvgIpc) is 4.02. The SMILES string of the molecule is CC1C=CC2=C(C1)C1(C)c3cc(-c4ccc5c(c4)c4c(n5-c5nc(C6C=CC=C(c7cccc8c7oc7ccccc78)C6C)c6ccccc6n5)C(C)CC=C4)ccc3N(c3ccccc3)C1C=C2. The number of allylic oxidation sites excluding steroid dienone is 9. The molecular weight excluding hydrogens is 841 g/mol. The molecule has 0 bridgehead atoms. The lowest BCUT2D eigenvalue weighted by Gasteiger charge is -2.42. The van der Waals surface area contributed by atoms with Gasteiger partial charge in [0, 0.05) is 67.0 Å². The smallest absolute Gasteiger partial charge is 0.235 e. The Morgan fingerprint density at radius 2 is 1.48 bits per heavy atom. The van der Waals surface area contributed by atoms with Crippen LogP contribution in [0.5, 0.6) is 0 Å². The predicted octanol–water partition coefficient (Wildman–Crippen LogP) is 16.3. The summed E-state index contributed by atoms with van der Waals surface area (Å²) in [5, 5.41) is 4.60. The first kappa shape index (κ1) is 40.3. The maximum absolute atomic E-state index is 6.59. The lowest BCUT2D eigenvalue weighted by molar-refractivity contribution is 0.473. The van der Waals surface area contributed by atoms with Gasteiger partial charge in [0.15, 0.2) is 0 Å². The van der Waals surface area contributed by atoms with Crippen molar-refractivity contribution in [3.63, 3.8) is 0 Å². The van der Waals surface area contributed by atoms with Gasteiger partial charge in [-0.1, -0.05) is 160 Å². The van der Waals surface area contributed by atoms with Gasteiger partial charge in [-0.2, -0.15) is 0 Å². The van der Waals surface area contributed by atoms with Crippen LogP contribution in [0.2, 0.25) is 0 Å². The van der Waals surface area contributed by atoms with Crippen LogP contribution in [-0.4, -0.2) is 20.6 Å². The fraction of sp³-hybridized carbons (Fsp3) is 0.188. The third-order valence-electron chi connectivity index (χ3n) is 16.4. The third-order valence-corrected chi connectivity index (χ3v) is 16.4. The van der Waals surface area contributed by atoms with E-state index in [0.717, 1.165) is 68.4 Å². The van der Waals surface area contributed by atoms with Crippen molar-refractivity contribution in [2.24, 2.45) is 11.8 Å². The Labute approximate surface area is 402 Å². The Morgan fingerprint density at radius 1 is 0.696 bits per heavy atom. The van der Waals surface area contributed by atoms with Crippen molar-refractivity contribution < 1.29 is 4.42 Å². The van der Waals surface area contributed by atoms with Crippen LogP contribution < -0.4 is 4.90 Å². The van der Waals surface area contributed by atoms with Crippen molar-refractivity contribution in [2.75, 3.05) is 4.90 Å². The second-order valence-corrected chi connectivity index (χ2v) is 20.4. The molecule has 5 nitrogen and oxygen atoms in total. The normalized spacial score (nSPS) is 23.5. The van der Waals surface area contributed by atoms with Crippen molar-refractivity contribution in [3.05, 3.63) is 221 Å². The Balaban J connectivity index is 0.899. The molecule has 0 fully saturated rings. The Bertz CT molecular complexity index is 3840. The van der Waals surface area contributed by atoms with E-state index in [4.69, 9.17) is 14.4 Å². The molecule has 334 valence electrons. The summed E-state index contributed by atoms with van der Waals surface area (Å²) < 4.78 is 8.97. The molecule has 3 aromatic heterocycles. The number of para-hydroxylation sites is 4. The molecule has 1 aliphatic heterocycles. The van der Waals surface area contributed by atoms with E-state index >= 15 is 0 Å². The fourth-order valence-electron chi connectivity index (χ4n) is 12.9. The monoisotopic (exact) mass is 892 g/mol. The summed E-state index contributed by atoms with van der Waals surface area (Å²) in [7, 11) is 0. The highest BCUT2D eigenvalue weighted by Gasteiger charge is 2.51. The Morgan fingerprint density at radius 3 is 2.38 bits per heavy atom. The molecule has 6 unspecified atom stereocenters. The molecular formula is C64H52N4O. The first-order valence-corrected chi connectivity index (χ1v) is 24.8. The van der Waals surface area contributed by atoms with Gasteiger partial charge < -0.3 is 9.32 Å². The molecule has 14 rings (SSSR count). The lowest BCUT2D eigenvalue weighted by atomic mass is 9.64. The number of hydrogen-bond acceptors (Lipinski definition) is 4. The summed E-state index contributed by atoms with van der Waals surface area (Å²) in [6.07, 6.45) is 23.1. The third kappa shape index (κ3) is 5.89. The average molecular weight is 893 g/mol. The van der Waals surface area contributed by atoms with Crippen LogP contribution in [0.4, 0.5) is 11.4 Å². The quantitative estimate of drug-likeness (QED) is 0.173. The molecule has 69 heavy (non-hydrogen) atoms. The predicted molar refractivity (Wildman–Crippen MR) is 285 cm³/mol. The molecule has 4 aliphatic carbocycles. The highest BCUT2D eigenvalue weighted by Crippen LogP contribution is 2.58. The minimum absolute atomic E-state index is 0.0104. The highest BCUT2D eigenvalue weighted by molar-refractivity contribution is 6.08. The van der Waals surface area contributed by atoms with Crippen LogP contribution in [0.15, 0.2) is 198 Å². The van der Waals surface area contributed by atoms with Crippen molar-refractivity contribution in [2.45, 2.75) is 63.8 Å². The molecule has 5 aliphatic rings. The van der Waals surface area contributed by atoms with Gasteiger partial charge >= 0.3 is 0 Å². The second-order valence-electron chi connectivity index (χ2n) is 20.4. The standard InChI is InChI=1S/C64H52N4O/c1-38-27-28-41-31-34-59-64(4,53(41)35-38)54-37-43(30-33-57(54)67(59)44-16-6-5-7-17-44)42-29-32-56-52(36-42)48-22-12-15-39(2)61(48)68(56)63-65-55-25-10-8-19-51(55)60(66-63)46-21-13-20-45(40(46)3)49-23-14-24-50-47-18-9-11-26-58(47)69-62(49)50/h5-14,16-34,36-40,46,59H,15,35H2,1-4H3. The van der Waals surface area contributed by atoms with Gasteiger partial charge in [-0.05, 0) is 114 Å². The van der Waals surface area contributed by atoms with E-state index in [-0.39, 0.29) is 29.2 Å². The zero-order valence-electron chi connectivity index (χ0n) is 39.4. The van der Waals surface area contributed by atoms with E-state index in [2.05, 4.69) is 219 Å². The molecule has 0 saturated heterocycles. The van der Waals surface area contributed by atoms with Crippen LogP contribution in [0, 0.1) is 11.8 Å². The number of rotatable bonds is 5. The van der Waals surface area contributed by atoms with Gasteiger partial charge in [-0.3, -0.25) is 4.57 Å². The number of anilines is 2. The van der Waals surface area contributed by atoms with Crippen LogP contribution in [0.25, 0.3) is 72.5 Å². The zero-order valence-corrected chi connectivity index (χ0v) is 39.4. The second kappa shape index (κ2) is 15.1. The van der Waals surface area contributed by atoms with Crippen molar-refractivity contribution in [3.8, 4) is 17.1 Å². The van der Waals surface area contributed by atoms with E-state index in [1.54, 1.807) is 5.57 Å². The fourth-order valence-corrected chi connectivity index (χ4v) is 12.9. The van der Waals surface area contributed by atoms with E-state index < -0.39 is 0 Å². The van der Waals surface area contributed by atoms with E-state index in [1.807, 2.05) is 6.07 Å². The molecule has 0 amide bonds. The zero-order chi connectivity index (χ0) is 46.1. The minimum Gasteiger partial charge on any atom is -0.455 e. The number of hydrogen-bond donors (Lipinski definition) is 0. The van der Waals surface area contributed by atoms with Crippen molar-refractivity contribution in [1.29, 1.82) is 0 Å². The summed E-state index contributed by atoms with van der Waals surface area (Å²) in [6, 6.07) is 48.9. The van der Waals surface area contributed by atoms with Gasteiger partial charge in [0.25, 0.3) is 0 Å². The molecule has 0 N–H and O–H groups in total. The number of furan rings is 1. The van der Waals surface area contributed by atoms with Gasteiger partial charge in [0.1, 0.15) is 11.2 Å². The first-order valence-electron chi connectivity index (χ1n) is 24.8. The molecule has 9 aromatic rings. The molecule has 0 saturated carbocycles. The van der Waals surface area contributed by atoms with Crippen LogP contribution in [-0.2, 0) is 5.41 Å². The van der Waals surface area contributed by atoms with E-state index in [1.165, 1.54) is 55.9 Å². The molecule has 0 radical (unpaired) electrons. The van der Waals surface area contributed by atoms with Crippen LogP contribution in [0.3, 0.4) is 0 Å². The van der Waals surface area contributed by atoms with Gasteiger partial charge in [-0.25, -0.2) is 9.97 Å². The number of aromatic nitrogens is 3. The Kier molecular flexibility index (Phi) is 8.84. The summed E-state index contributed by atoms with van der Waals surface area (Å²) in [5.74, 6) is 1.64. The molecule has 6 aromatic carbocycles. The van der Waals surface area contributed by atoms with Gasteiger partial charge in [-0.15, -0.1) is 0 Å². The van der Waals surface area contributed by atoms with Gasteiger partial charge in [0.2, 0.25) is 5.95 Å². The molecule has 4 heterocycles. The highest BCUT2D eigenvalue weighted by atomic mass is 16.3. The maximum atomic E-state index is 6.59. The lowest BCUT2D eigenvalue weighted by Crippen LogP contribution is -2.43. The number of nitrogens with zero attached hydrogens (tertiary/aromatic N) is 4. The van der Waals surface area contributed by atoms with Gasteiger partial charge in [0.05, 0.1) is 22.8 Å². The largest absolute Gasteiger partial charge is 0.455 e. The number of benzene rings is 6. The van der Waals surface area contributed by atoms with Crippen LogP contribution >= 0.6 is 0 Å². The topological polar surface area (TPSA) is 47.1 Å². The summed E-state index contributed by atoms with van der Waals surface area (Å²) in [6.45, 7) is 9.54. The Hall–Kier alpha value is -7.76. The first-order chi connectivity index (χ1) is 33.8. The number of fused-ring (bicyclic) bond motifs is 11.